The van der Waals surface area contributed by atoms with Gasteiger partial charge >= 0.3 is 0 Å². The van der Waals surface area contributed by atoms with Gasteiger partial charge in [0, 0.05) is 11.7 Å². The summed E-state index contributed by atoms with van der Waals surface area (Å²) in [4.78, 5) is 11.4. The highest BCUT2D eigenvalue weighted by Crippen LogP contribution is 2.16. The van der Waals surface area contributed by atoms with Gasteiger partial charge in [0.25, 0.3) is 0 Å². The van der Waals surface area contributed by atoms with Crippen molar-refractivity contribution in [2.45, 2.75) is 52.2 Å². The highest BCUT2D eigenvalue weighted by atomic mass is 32.2. The van der Waals surface area contributed by atoms with E-state index in [9.17, 15) is 4.79 Å². The normalized spacial score (nSPS) is 15.4. The average molecular weight is 202 g/mol. The van der Waals surface area contributed by atoms with E-state index < -0.39 is 0 Å². The first-order valence-corrected chi connectivity index (χ1v) is 6.28. The van der Waals surface area contributed by atoms with Crippen LogP contribution in [0.4, 0.5) is 0 Å². The molecule has 0 aromatic carbocycles. The van der Waals surface area contributed by atoms with Gasteiger partial charge in [-0.15, -0.1) is 0 Å². The van der Waals surface area contributed by atoms with Gasteiger partial charge in [-0.3, -0.25) is 4.79 Å². The van der Waals surface area contributed by atoms with Crippen LogP contribution in [-0.2, 0) is 4.79 Å². The fourth-order valence-electron chi connectivity index (χ4n) is 0.945. The minimum atomic E-state index is 0.416. The average Bonchev–Trinajstić information content (AvgIpc) is 2.13. The molecule has 0 aliphatic heterocycles. The summed E-state index contributed by atoms with van der Waals surface area (Å²) in [7, 11) is 0. The summed E-state index contributed by atoms with van der Waals surface area (Å²) in [6, 6.07) is 0. The maximum absolute atomic E-state index is 11.4. The van der Waals surface area contributed by atoms with Gasteiger partial charge in [0.05, 0.1) is 5.75 Å². The van der Waals surface area contributed by atoms with Crippen molar-refractivity contribution in [1.29, 1.82) is 0 Å². The molecule has 0 heterocycles. The predicted octanol–water partition coefficient (Wildman–Crippen LogP) is 3.52. The summed E-state index contributed by atoms with van der Waals surface area (Å²) in [6.07, 6.45) is 3.03. The molecular weight excluding hydrogens is 180 g/mol. The van der Waals surface area contributed by atoms with Gasteiger partial charge in [-0.05, 0) is 12.3 Å². The number of Topliss-reactive ketones (excluding diaryl/α,β-unsaturated/α-hetero) is 1. The van der Waals surface area contributed by atoms with Crippen molar-refractivity contribution in [2.24, 2.45) is 5.92 Å². The Balaban J connectivity index is 3.51. The topological polar surface area (TPSA) is 17.1 Å². The molecule has 0 spiro atoms. The van der Waals surface area contributed by atoms with Crippen molar-refractivity contribution >= 4 is 17.5 Å². The van der Waals surface area contributed by atoms with Crippen LogP contribution < -0.4 is 0 Å². The molecule has 0 amide bonds. The SMILES string of the molecule is CCC(C)CC(=O)CSC(C)CC. The summed E-state index contributed by atoms with van der Waals surface area (Å²) >= 11 is 1.79. The van der Waals surface area contributed by atoms with Crippen molar-refractivity contribution in [3.8, 4) is 0 Å². The van der Waals surface area contributed by atoms with Crippen LogP contribution in [0.15, 0.2) is 0 Å². The minimum absolute atomic E-state index is 0.416. The molecule has 13 heavy (non-hydrogen) atoms. The molecule has 2 unspecified atom stereocenters. The van der Waals surface area contributed by atoms with Crippen LogP contribution in [0.2, 0.25) is 0 Å². The molecule has 0 saturated heterocycles. The Labute approximate surface area is 86.7 Å². The number of carbonyl (C=O) groups is 1. The zero-order valence-electron chi connectivity index (χ0n) is 9.30. The Bertz CT molecular complexity index is 145. The first kappa shape index (κ1) is 13.0. The van der Waals surface area contributed by atoms with E-state index in [2.05, 4.69) is 27.7 Å². The van der Waals surface area contributed by atoms with Gasteiger partial charge in [-0.1, -0.05) is 34.1 Å². The minimum Gasteiger partial charge on any atom is -0.299 e. The molecule has 0 N–H and O–H groups in total. The summed E-state index contributed by atoms with van der Waals surface area (Å²) in [5.74, 6) is 1.68. The highest BCUT2D eigenvalue weighted by Gasteiger charge is 2.08. The largest absolute Gasteiger partial charge is 0.299 e. The van der Waals surface area contributed by atoms with Crippen LogP contribution in [0.25, 0.3) is 0 Å². The van der Waals surface area contributed by atoms with Gasteiger partial charge in [-0.2, -0.15) is 11.8 Å². The molecule has 0 fully saturated rings. The summed E-state index contributed by atoms with van der Waals surface area (Å²) < 4.78 is 0. The van der Waals surface area contributed by atoms with E-state index in [-0.39, 0.29) is 0 Å². The monoisotopic (exact) mass is 202 g/mol. The lowest BCUT2D eigenvalue weighted by Crippen LogP contribution is -2.09. The van der Waals surface area contributed by atoms with Crippen LogP contribution in [-0.4, -0.2) is 16.8 Å². The molecule has 0 saturated carbocycles. The molecule has 0 aliphatic carbocycles. The number of carbonyl (C=O) groups excluding carboxylic acids is 1. The Morgan fingerprint density at radius 2 is 1.85 bits per heavy atom. The van der Waals surface area contributed by atoms with Crippen molar-refractivity contribution in [2.75, 3.05) is 5.75 Å². The Morgan fingerprint density at radius 1 is 1.23 bits per heavy atom. The van der Waals surface area contributed by atoms with E-state index in [1.807, 2.05) is 0 Å². The first-order chi connectivity index (χ1) is 6.10. The summed E-state index contributed by atoms with van der Waals surface area (Å²) in [5.41, 5.74) is 0. The van der Waals surface area contributed by atoms with Crippen LogP contribution in [0, 0.1) is 5.92 Å². The van der Waals surface area contributed by atoms with Gasteiger partial charge in [0.15, 0.2) is 0 Å². The van der Waals surface area contributed by atoms with Crippen molar-refractivity contribution < 1.29 is 4.79 Å². The van der Waals surface area contributed by atoms with E-state index in [1.165, 1.54) is 0 Å². The predicted molar refractivity (Wildman–Crippen MR) is 61.3 cm³/mol. The second-order valence-corrected chi connectivity index (χ2v) is 5.21. The van der Waals surface area contributed by atoms with Crippen LogP contribution >= 0.6 is 11.8 Å². The third kappa shape index (κ3) is 7.12. The Hall–Kier alpha value is 0.0200. The van der Waals surface area contributed by atoms with Crippen molar-refractivity contribution in [3.05, 3.63) is 0 Å². The van der Waals surface area contributed by atoms with E-state index in [0.29, 0.717) is 22.7 Å². The summed E-state index contributed by atoms with van der Waals surface area (Å²) in [6.45, 7) is 8.63. The zero-order valence-corrected chi connectivity index (χ0v) is 10.1. The van der Waals surface area contributed by atoms with E-state index in [1.54, 1.807) is 11.8 Å². The Kier molecular flexibility index (Phi) is 7.44. The van der Waals surface area contributed by atoms with E-state index in [4.69, 9.17) is 0 Å². The second kappa shape index (κ2) is 7.43. The molecule has 0 aromatic heterocycles. The molecule has 0 bridgehead atoms. The molecule has 2 atom stereocenters. The van der Waals surface area contributed by atoms with E-state index in [0.717, 1.165) is 19.3 Å². The molecule has 1 nitrogen and oxygen atoms in total. The zero-order chi connectivity index (χ0) is 10.3. The third-order valence-electron chi connectivity index (χ3n) is 2.38. The number of thioether (sulfide) groups is 1. The molecule has 78 valence electrons. The quantitative estimate of drug-likeness (QED) is 0.628. The highest BCUT2D eigenvalue weighted by molar-refractivity contribution is 8.00. The van der Waals surface area contributed by atoms with Gasteiger partial charge in [0.2, 0.25) is 0 Å². The number of rotatable bonds is 7. The number of hydrogen-bond acceptors (Lipinski definition) is 2. The fraction of sp³-hybridized carbons (Fsp3) is 0.909. The molecule has 2 heteroatoms. The fourth-order valence-corrected chi connectivity index (χ4v) is 1.77. The maximum atomic E-state index is 11.4. The lowest BCUT2D eigenvalue weighted by atomic mass is 10.0. The molecule has 0 rings (SSSR count). The molecular formula is C11H22OS. The van der Waals surface area contributed by atoms with Crippen molar-refractivity contribution in [3.63, 3.8) is 0 Å². The van der Waals surface area contributed by atoms with E-state index >= 15 is 0 Å². The maximum Gasteiger partial charge on any atom is 0.143 e. The lowest BCUT2D eigenvalue weighted by Gasteiger charge is -2.09. The van der Waals surface area contributed by atoms with Crippen LogP contribution in [0.1, 0.15) is 47.0 Å². The standard InChI is InChI=1S/C11H22OS/c1-5-9(3)7-11(12)8-13-10(4)6-2/h9-10H,5-8H2,1-4H3. The van der Waals surface area contributed by atoms with Gasteiger partial charge in [-0.25, -0.2) is 0 Å². The molecule has 0 aromatic rings. The van der Waals surface area contributed by atoms with Gasteiger partial charge in [0.1, 0.15) is 5.78 Å². The van der Waals surface area contributed by atoms with Gasteiger partial charge < -0.3 is 0 Å². The number of ketones is 1. The molecule has 0 radical (unpaired) electrons. The lowest BCUT2D eigenvalue weighted by molar-refractivity contribution is -0.117. The number of hydrogen-bond donors (Lipinski definition) is 0. The van der Waals surface area contributed by atoms with Crippen LogP contribution in [0.3, 0.4) is 0 Å². The molecule has 0 aliphatic rings. The van der Waals surface area contributed by atoms with Crippen molar-refractivity contribution in [1.82, 2.24) is 0 Å². The second-order valence-electron chi connectivity index (χ2n) is 3.79. The van der Waals surface area contributed by atoms with Crippen LogP contribution in [0.5, 0.6) is 0 Å². The smallest absolute Gasteiger partial charge is 0.143 e. The Morgan fingerprint density at radius 3 is 2.31 bits per heavy atom. The first-order valence-electron chi connectivity index (χ1n) is 5.23. The third-order valence-corrected chi connectivity index (χ3v) is 3.77. The summed E-state index contributed by atoms with van der Waals surface area (Å²) in [5, 5.41) is 0.626.